The van der Waals surface area contributed by atoms with E-state index in [4.69, 9.17) is 26.1 Å². The summed E-state index contributed by atoms with van der Waals surface area (Å²) in [6.07, 6.45) is 3.50. The number of rotatable bonds is 7. The van der Waals surface area contributed by atoms with Gasteiger partial charge in [0, 0.05) is 44.4 Å². The van der Waals surface area contributed by atoms with E-state index in [0.29, 0.717) is 48.5 Å². The number of pyridine rings is 1. The summed E-state index contributed by atoms with van der Waals surface area (Å²) in [5, 5.41) is 0.522. The van der Waals surface area contributed by atoms with Crippen molar-refractivity contribution in [1.29, 1.82) is 0 Å². The molecule has 7 nitrogen and oxygen atoms in total. The SMILES string of the molecule is COCCn1c(C[C@@H]2CCN(C(=O)c3cc(Cl)ccc3OC)C2)nc2cccnc21. The molecular weight excluding hydrogens is 404 g/mol. The van der Waals surface area contributed by atoms with Crippen LogP contribution in [-0.2, 0) is 17.7 Å². The number of benzene rings is 1. The summed E-state index contributed by atoms with van der Waals surface area (Å²) in [6.45, 7) is 2.68. The molecule has 0 spiro atoms. The van der Waals surface area contributed by atoms with Gasteiger partial charge in [0.2, 0.25) is 0 Å². The summed E-state index contributed by atoms with van der Waals surface area (Å²) in [4.78, 5) is 24.2. The second-order valence-corrected chi connectivity index (χ2v) is 7.91. The molecule has 158 valence electrons. The Bertz CT molecular complexity index is 1050. The fourth-order valence-electron chi connectivity index (χ4n) is 4.04. The lowest BCUT2D eigenvalue weighted by atomic mass is 10.0. The molecule has 0 unspecified atom stereocenters. The third kappa shape index (κ3) is 4.13. The van der Waals surface area contributed by atoms with Crippen LogP contribution >= 0.6 is 11.6 Å². The number of nitrogens with zero attached hydrogens (tertiary/aromatic N) is 4. The number of likely N-dealkylation sites (tertiary alicyclic amines) is 1. The maximum Gasteiger partial charge on any atom is 0.257 e. The first-order valence-electron chi connectivity index (χ1n) is 10.0. The quantitative estimate of drug-likeness (QED) is 0.576. The van der Waals surface area contributed by atoms with Crippen LogP contribution in [0.1, 0.15) is 22.6 Å². The van der Waals surface area contributed by atoms with Gasteiger partial charge in [-0.05, 0) is 42.7 Å². The third-order valence-electron chi connectivity index (χ3n) is 5.54. The number of halogens is 1. The molecule has 3 heterocycles. The van der Waals surface area contributed by atoms with Gasteiger partial charge in [0.05, 0.1) is 19.3 Å². The highest BCUT2D eigenvalue weighted by Gasteiger charge is 2.30. The molecule has 0 radical (unpaired) electrons. The molecule has 1 saturated heterocycles. The molecule has 1 aromatic carbocycles. The Morgan fingerprint density at radius 2 is 2.17 bits per heavy atom. The van der Waals surface area contributed by atoms with Gasteiger partial charge in [0.15, 0.2) is 5.65 Å². The monoisotopic (exact) mass is 428 g/mol. The lowest BCUT2D eigenvalue weighted by Crippen LogP contribution is -2.29. The number of imidazole rings is 1. The normalized spacial score (nSPS) is 16.4. The average molecular weight is 429 g/mol. The maximum atomic E-state index is 13.1. The van der Waals surface area contributed by atoms with Crippen molar-refractivity contribution in [2.24, 2.45) is 5.92 Å². The fraction of sp³-hybridized carbons (Fsp3) is 0.409. The van der Waals surface area contributed by atoms with Gasteiger partial charge >= 0.3 is 0 Å². The van der Waals surface area contributed by atoms with Gasteiger partial charge in [-0.25, -0.2) is 9.97 Å². The molecule has 2 aromatic heterocycles. The lowest BCUT2D eigenvalue weighted by Gasteiger charge is -2.18. The minimum absolute atomic E-state index is 0.0496. The number of hydrogen-bond acceptors (Lipinski definition) is 5. The first-order valence-corrected chi connectivity index (χ1v) is 10.4. The number of amides is 1. The number of fused-ring (bicyclic) bond motifs is 1. The van der Waals surface area contributed by atoms with Crippen molar-refractivity contribution in [3.8, 4) is 5.75 Å². The van der Waals surface area contributed by atoms with Gasteiger partial charge in [0.25, 0.3) is 5.91 Å². The van der Waals surface area contributed by atoms with E-state index >= 15 is 0 Å². The van der Waals surface area contributed by atoms with Crippen molar-refractivity contribution >= 4 is 28.7 Å². The van der Waals surface area contributed by atoms with E-state index in [1.165, 1.54) is 0 Å². The van der Waals surface area contributed by atoms with E-state index in [-0.39, 0.29) is 5.91 Å². The number of hydrogen-bond donors (Lipinski definition) is 0. The van der Waals surface area contributed by atoms with Crippen molar-refractivity contribution in [1.82, 2.24) is 19.4 Å². The minimum Gasteiger partial charge on any atom is -0.496 e. The van der Waals surface area contributed by atoms with Crippen molar-refractivity contribution in [2.45, 2.75) is 19.4 Å². The van der Waals surface area contributed by atoms with Crippen LogP contribution in [0.5, 0.6) is 5.75 Å². The topological polar surface area (TPSA) is 69.5 Å². The summed E-state index contributed by atoms with van der Waals surface area (Å²) in [7, 11) is 3.25. The standard InChI is InChI=1S/C22H25ClN4O3/c1-29-11-10-27-20(25-18-4-3-8-24-21(18)27)12-15-7-9-26(14-15)22(28)17-13-16(23)5-6-19(17)30-2/h3-6,8,13,15H,7,9-12,14H2,1-2H3/t15-/m0/s1. The molecule has 1 aliphatic heterocycles. The molecular formula is C22H25ClN4O3. The molecule has 3 aromatic rings. The van der Waals surface area contributed by atoms with Crippen molar-refractivity contribution < 1.29 is 14.3 Å². The first-order chi connectivity index (χ1) is 14.6. The summed E-state index contributed by atoms with van der Waals surface area (Å²) in [5.41, 5.74) is 2.26. The number of ether oxygens (including phenoxy) is 2. The number of carbonyl (C=O) groups excluding carboxylic acids is 1. The first kappa shape index (κ1) is 20.6. The largest absolute Gasteiger partial charge is 0.496 e. The molecule has 8 heteroatoms. The lowest BCUT2D eigenvalue weighted by molar-refractivity contribution is 0.0783. The highest BCUT2D eigenvalue weighted by Crippen LogP contribution is 2.28. The van der Waals surface area contributed by atoms with E-state index in [0.717, 1.165) is 29.8 Å². The zero-order valence-electron chi connectivity index (χ0n) is 17.2. The summed E-state index contributed by atoms with van der Waals surface area (Å²) < 4.78 is 12.7. The van der Waals surface area contributed by atoms with Gasteiger partial charge in [-0.1, -0.05) is 11.6 Å². The van der Waals surface area contributed by atoms with Crippen LogP contribution in [0.15, 0.2) is 36.5 Å². The summed E-state index contributed by atoms with van der Waals surface area (Å²) in [5.74, 6) is 1.81. The number of aromatic nitrogens is 3. The second-order valence-electron chi connectivity index (χ2n) is 7.47. The Kier molecular flexibility index (Phi) is 6.20. The predicted octanol–water partition coefficient (Wildman–Crippen LogP) is 3.44. The molecule has 1 aliphatic rings. The minimum atomic E-state index is -0.0496. The molecule has 1 amide bonds. The van der Waals surface area contributed by atoms with Crippen LogP contribution in [0.25, 0.3) is 11.2 Å². The van der Waals surface area contributed by atoms with Gasteiger partial charge in [-0.15, -0.1) is 0 Å². The zero-order valence-corrected chi connectivity index (χ0v) is 17.9. The Hall–Kier alpha value is -2.64. The van der Waals surface area contributed by atoms with Gasteiger partial charge < -0.3 is 18.9 Å². The van der Waals surface area contributed by atoms with Crippen molar-refractivity contribution in [2.75, 3.05) is 33.9 Å². The Morgan fingerprint density at radius 3 is 2.97 bits per heavy atom. The van der Waals surface area contributed by atoms with E-state index in [2.05, 4.69) is 9.55 Å². The van der Waals surface area contributed by atoms with Crippen LogP contribution in [-0.4, -0.2) is 59.3 Å². The molecule has 0 bridgehead atoms. The summed E-state index contributed by atoms with van der Waals surface area (Å²) >= 11 is 6.10. The Balaban J connectivity index is 1.51. The highest BCUT2D eigenvalue weighted by atomic mass is 35.5. The van der Waals surface area contributed by atoms with Crippen LogP contribution in [0.2, 0.25) is 5.02 Å². The molecule has 1 atom stereocenters. The van der Waals surface area contributed by atoms with E-state index in [1.54, 1.807) is 38.6 Å². The number of methoxy groups -OCH3 is 2. The molecule has 1 fully saturated rings. The average Bonchev–Trinajstić information content (AvgIpc) is 3.36. The van der Waals surface area contributed by atoms with Crippen LogP contribution in [0, 0.1) is 5.92 Å². The van der Waals surface area contributed by atoms with Crippen molar-refractivity contribution in [3.05, 3.63) is 52.9 Å². The van der Waals surface area contributed by atoms with E-state index < -0.39 is 0 Å². The number of carbonyl (C=O) groups is 1. The van der Waals surface area contributed by atoms with Crippen molar-refractivity contribution in [3.63, 3.8) is 0 Å². The maximum absolute atomic E-state index is 13.1. The Morgan fingerprint density at radius 1 is 1.30 bits per heavy atom. The van der Waals surface area contributed by atoms with E-state index in [1.807, 2.05) is 17.0 Å². The Labute approximate surface area is 180 Å². The van der Waals surface area contributed by atoms with E-state index in [9.17, 15) is 4.79 Å². The van der Waals surface area contributed by atoms with Gasteiger partial charge in [-0.3, -0.25) is 4.79 Å². The summed E-state index contributed by atoms with van der Waals surface area (Å²) in [6, 6.07) is 9.00. The molecule has 4 rings (SSSR count). The van der Waals surface area contributed by atoms with Gasteiger partial charge in [-0.2, -0.15) is 0 Å². The molecule has 30 heavy (non-hydrogen) atoms. The van der Waals surface area contributed by atoms with Crippen LogP contribution in [0.3, 0.4) is 0 Å². The predicted molar refractivity (Wildman–Crippen MR) is 115 cm³/mol. The van der Waals surface area contributed by atoms with Crippen LogP contribution in [0.4, 0.5) is 0 Å². The second kappa shape index (κ2) is 9.02. The molecule has 0 N–H and O–H groups in total. The smallest absolute Gasteiger partial charge is 0.257 e. The fourth-order valence-corrected chi connectivity index (χ4v) is 4.21. The van der Waals surface area contributed by atoms with Crippen LogP contribution < -0.4 is 4.74 Å². The zero-order chi connectivity index (χ0) is 21.1. The van der Waals surface area contributed by atoms with Gasteiger partial charge in [0.1, 0.15) is 17.1 Å². The molecule has 0 aliphatic carbocycles. The third-order valence-corrected chi connectivity index (χ3v) is 5.77. The highest BCUT2D eigenvalue weighted by molar-refractivity contribution is 6.31. The molecule has 0 saturated carbocycles.